The van der Waals surface area contributed by atoms with Crippen LogP contribution in [0.15, 0.2) is 24.5 Å². The van der Waals surface area contributed by atoms with Crippen LogP contribution >= 0.6 is 0 Å². The molecule has 0 unspecified atom stereocenters. The highest BCUT2D eigenvalue weighted by atomic mass is 16.2. The minimum Gasteiger partial charge on any atom is -0.516 e. The molecule has 0 aliphatic heterocycles. The van der Waals surface area contributed by atoms with E-state index in [-0.39, 0.29) is 5.41 Å². The lowest BCUT2D eigenvalue weighted by molar-refractivity contribution is -0.118. The van der Waals surface area contributed by atoms with Crippen molar-refractivity contribution in [3.8, 4) is 0 Å². The van der Waals surface area contributed by atoms with Crippen LogP contribution in [0.25, 0.3) is 0 Å². The van der Waals surface area contributed by atoms with Crippen molar-refractivity contribution in [1.82, 2.24) is 0 Å². The van der Waals surface area contributed by atoms with E-state index in [1.807, 2.05) is 6.08 Å². The van der Waals surface area contributed by atoms with E-state index in [0.29, 0.717) is 17.6 Å². The molecule has 3 saturated carbocycles. The molecule has 0 heterocycles. The van der Waals surface area contributed by atoms with Crippen LogP contribution in [-0.2, 0) is 4.79 Å². The van der Waals surface area contributed by atoms with E-state index in [1.165, 1.54) is 51.2 Å². The van der Waals surface area contributed by atoms with Gasteiger partial charge in [-0.15, -0.1) is 0 Å². The normalized spacial score (nSPS) is 49.0. The molecule has 6 atom stereocenters. The van der Waals surface area contributed by atoms with Crippen molar-refractivity contribution in [1.29, 1.82) is 0 Å². The Hall–Kier alpha value is -1.05. The molecule has 0 radical (unpaired) electrons. The number of aliphatic hydroxyl groups is 1. The van der Waals surface area contributed by atoms with Crippen molar-refractivity contribution in [2.24, 2.45) is 35.0 Å². The van der Waals surface area contributed by atoms with Gasteiger partial charge in [0.2, 0.25) is 0 Å². The van der Waals surface area contributed by atoms with E-state index in [4.69, 9.17) is 0 Å². The van der Waals surface area contributed by atoms with Crippen LogP contribution in [0.4, 0.5) is 0 Å². The van der Waals surface area contributed by atoms with Crippen LogP contribution in [0.5, 0.6) is 0 Å². The van der Waals surface area contributed by atoms with Gasteiger partial charge in [-0.25, -0.2) is 0 Å². The van der Waals surface area contributed by atoms with Crippen LogP contribution in [0.3, 0.4) is 0 Å². The second-order valence-electron chi connectivity index (χ2n) is 7.86. The molecule has 4 aliphatic rings. The Kier molecular flexibility index (Phi) is 3.24. The maximum absolute atomic E-state index is 11.7. The second-order valence-corrected chi connectivity index (χ2v) is 7.86. The summed E-state index contributed by atoms with van der Waals surface area (Å²) in [4.78, 5) is 11.7. The van der Waals surface area contributed by atoms with Crippen LogP contribution in [0, 0.1) is 35.0 Å². The van der Waals surface area contributed by atoms with Gasteiger partial charge < -0.3 is 5.11 Å². The van der Waals surface area contributed by atoms with Crippen molar-refractivity contribution in [2.45, 2.75) is 51.4 Å². The molecular weight excluding hydrogens is 260 g/mol. The Morgan fingerprint density at radius 3 is 2.90 bits per heavy atom. The van der Waals surface area contributed by atoms with Gasteiger partial charge in [-0.1, -0.05) is 12.5 Å². The largest absolute Gasteiger partial charge is 0.516 e. The summed E-state index contributed by atoms with van der Waals surface area (Å²) >= 11 is 0. The van der Waals surface area contributed by atoms with Gasteiger partial charge in [0, 0.05) is 6.42 Å². The van der Waals surface area contributed by atoms with Crippen molar-refractivity contribution >= 4 is 5.78 Å². The smallest absolute Gasteiger partial charge is 0.155 e. The third-order valence-electron chi connectivity index (χ3n) is 7.19. The summed E-state index contributed by atoms with van der Waals surface area (Å²) in [7, 11) is 0. The van der Waals surface area contributed by atoms with Crippen molar-refractivity contribution in [2.75, 3.05) is 0 Å². The fourth-order valence-electron chi connectivity index (χ4n) is 6.39. The van der Waals surface area contributed by atoms with Crippen molar-refractivity contribution in [3.05, 3.63) is 24.5 Å². The van der Waals surface area contributed by atoms with Gasteiger partial charge >= 0.3 is 0 Å². The monoisotopic (exact) mass is 286 g/mol. The number of carbonyl (C=O) groups is 1. The number of rotatable bonds is 1. The highest BCUT2D eigenvalue weighted by molar-refractivity contribution is 5.90. The van der Waals surface area contributed by atoms with E-state index >= 15 is 0 Å². The first kappa shape index (κ1) is 13.6. The molecule has 0 aromatic carbocycles. The predicted octanol–water partition coefficient (Wildman–Crippen LogP) is 4.43. The Morgan fingerprint density at radius 1 is 1.14 bits per heavy atom. The van der Waals surface area contributed by atoms with Gasteiger partial charge in [0.05, 0.1) is 6.26 Å². The number of carbonyl (C=O) groups excluding carboxylic acids is 1. The molecule has 0 bridgehead atoms. The first-order chi connectivity index (χ1) is 10.2. The average Bonchev–Trinajstić information content (AvgIpc) is 2.90. The second kappa shape index (κ2) is 5.00. The Morgan fingerprint density at radius 2 is 2.05 bits per heavy atom. The van der Waals surface area contributed by atoms with Crippen molar-refractivity contribution < 1.29 is 9.90 Å². The summed E-state index contributed by atoms with van der Waals surface area (Å²) in [6, 6.07) is 0. The lowest BCUT2D eigenvalue weighted by atomic mass is 9.51. The summed E-state index contributed by atoms with van der Waals surface area (Å²) in [5, 5.41) is 9.34. The minimum absolute atomic E-state index is 0.289. The molecule has 2 nitrogen and oxygen atoms in total. The van der Waals surface area contributed by atoms with E-state index in [1.54, 1.807) is 0 Å². The molecule has 0 spiro atoms. The summed E-state index contributed by atoms with van der Waals surface area (Å²) in [5.41, 5.74) is 0.289. The van der Waals surface area contributed by atoms with Gasteiger partial charge in [-0.05, 0) is 85.7 Å². The molecule has 0 saturated heterocycles. The fourth-order valence-corrected chi connectivity index (χ4v) is 6.39. The highest BCUT2D eigenvalue weighted by Crippen LogP contribution is 2.62. The van der Waals surface area contributed by atoms with Gasteiger partial charge in [-0.2, -0.15) is 0 Å². The zero-order valence-corrected chi connectivity index (χ0v) is 12.7. The quantitative estimate of drug-likeness (QED) is 0.724. The van der Waals surface area contributed by atoms with Gasteiger partial charge in [0.1, 0.15) is 0 Å². The number of hydrogen-bond donors (Lipinski definition) is 1. The number of hydrogen-bond acceptors (Lipinski definition) is 2. The summed E-state index contributed by atoms with van der Waals surface area (Å²) in [6.45, 7) is 0. The standard InChI is InChI=1S/C19H26O2/c20-11-10-19-8-1-2-18(19)17-5-3-13-12-14(21)4-6-15(13)16(17)7-9-19/h4,6,10-11,13,15-18,20H,1-3,5,7-9,12H2/b11-10-/t13-,15-,16+,17+,18-,19-/m0/s1. The number of ketones is 1. The van der Waals surface area contributed by atoms with Crippen molar-refractivity contribution in [3.63, 3.8) is 0 Å². The van der Waals surface area contributed by atoms with Crippen LogP contribution < -0.4 is 0 Å². The van der Waals surface area contributed by atoms with E-state index in [2.05, 4.69) is 12.2 Å². The maximum atomic E-state index is 11.7. The Labute approximate surface area is 127 Å². The molecule has 0 amide bonds. The zero-order chi connectivity index (χ0) is 14.4. The molecule has 1 N–H and O–H groups in total. The minimum atomic E-state index is 0.289. The fraction of sp³-hybridized carbons (Fsp3) is 0.737. The topological polar surface area (TPSA) is 37.3 Å². The number of fused-ring (bicyclic) bond motifs is 5. The maximum Gasteiger partial charge on any atom is 0.155 e. The Bertz CT molecular complexity index is 492. The SMILES string of the molecule is O=C1C=C[C@H]2[C@@H](CC[C@@H]3[C@@H]2CC[C@]2(/C=C\O)CCC[C@@H]32)C1. The average molecular weight is 286 g/mol. The zero-order valence-electron chi connectivity index (χ0n) is 12.7. The van der Waals surface area contributed by atoms with E-state index in [9.17, 15) is 9.90 Å². The summed E-state index contributed by atoms with van der Waals surface area (Å²) in [5.74, 6) is 3.98. The first-order valence-electron chi connectivity index (χ1n) is 8.76. The number of allylic oxidation sites excluding steroid dienone is 3. The first-order valence-corrected chi connectivity index (χ1v) is 8.76. The van der Waals surface area contributed by atoms with Gasteiger partial charge in [0.25, 0.3) is 0 Å². The van der Waals surface area contributed by atoms with E-state index < -0.39 is 0 Å². The molecule has 3 fully saturated rings. The van der Waals surface area contributed by atoms with Crippen LogP contribution in [0.1, 0.15) is 51.4 Å². The molecule has 4 rings (SSSR count). The summed E-state index contributed by atoms with van der Waals surface area (Å²) in [6.07, 6.45) is 17.3. The summed E-state index contributed by atoms with van der Waals surface area (Å²) < 4.78 is 0. The molecule has 4 aliphatic carbocycles. The van der Waals surface area contributed by atoms with Crippen LogP contribution in [-0.4, -0.2) is 10.9 Å². The van der Waals surface area contributed by atoms with Gasteiger partial charge in [0.15, 0.2) is 5.78 Å². The van der Waals surface area contributed by atoms with Crippen LogP contribution in [0.2, 0.25) is 0 Å². The lowest BCUT2D eigenvalue weighted by Gasteiger charge is -2.53. The molecular formula is C19H26O2. The molecule has 0 aromatic heterocycles. The predicted molar refractivity (Wildman–Crippen MR) is 82.7 cm³/mol. The third kappa shape index (κ3) is 2.02. The molecule has 0 aromatic rings. The van der Waals surface area contributed by atoms with Gasteiger partial charge in [-0.3, -0.25) is 4.79 Å². The molecule has 2 heteroatoms. The molecule has 114 valence electrons. The Balaban J connectivity index is 1.62. The number of aliphatic hydroxyl groups excluding tert-OH is 1. The lowest BCUT2D eigenvalue weighted by Crippen LogP contribution is -2.46. The highest BCUT2D eigenvalue weighted by Gasteiger charge is 2.54. The molecule has 21 heavy (non-hydrogen) atoms. The van der Waals surface area contributed by atoms with E-state index in [0.717, 1.165) is 24.2 Å². The third-order valence-corrected chi connectivity index (χ3v) is 7.19.